The lowest BCUT2D eigenvalue weighted by molar-refractivity contribution is 0.186. The molecule has 2 rings (SSSR count). The highest BCUT2D eigenvalue weighted by Gasteiger charge is 2.17. The maximum atomic E-state index is 4.91. The molecule has 1 aliphatic heterocycles. The molecule has 1 aliphatic rings. The minimum Gasteiger partial charge on any atom is -0.312 e. The zero-order valence-electron chi connectivity index (χ0n) is 14.0. The summed E-state index contributed by atoms with van der Waals surface area (Å²) in [6, 6.07) is 0. The highest BCUT2D eigenvalue weighted by atomic mass is 32.1. The molecule has 0 spiro atoms. The van der Waals surface area contributed by atoms with Crippen molar-refractivity contribution >= 4 is 11.3 Å². The highest BCUT2D eigenvalue weighted by Crippen LogP contribution is 2.22. The smallest absolute Gasteiger partial charge is 0.0944 e. The van der Waals surface area contributed by atoms with Crippen LogP contribution >= 0.6 is 11.3 Å². The first-order chi connectivity index (χ1) is 10.2. The lowest BCUT2D eigenvalue weighted by Crippen LogP contribution is -2.35. The molecular formula is C17H31N3S. The van der Waals surface area contributed by atoms with Gasteiger partial charge in [0.15, 0.2) is 0 Å². The van der Waals surface area contributed by atoms with E-state index in [0.717, 1.165) is 31.8 Å². The van der Waals surface area contributed by atoms with Crippen molar-refractivity contribution in [2.45, 2.75) is 59.4 Å². The van der Waals surface area contributed by atoms with E-state index in [4.69, 9.17) is 4.98 Å². The van der Waals surface area contributed by atoms with Gasteiger partial charge in [0.25, 0.3) is 0 Å². The maximum Gasteiger partial charge on any atom is 0.0944 e. The largest absolute Gasteiger partial charge is 0.312 e. The Labute approximate surface area is 134 Å². The van der Waals surface area contributed by atoms with Gasteiger partial charge in [0.2, 0.25) is 0 Å². The number of aryl methyl sites for hydroxylation is 1. The van der Waals surface area contributed by atoms with Crippen LogP contribution in [0.2, 0.25) is 0 Å². The number of piperidine rings is 1. The van der Waals surface area contributed by atoms with Crippen LogP contribution in [-0.4, -0.2) is 36.1 Å². The molecule has 1 aromatic rings. The Hall–Kier alpha value is -0.450. The van der Waals surface area contributed by atoms with E-state index < -0.39 is 0 Å². The fraction of sp³-hybridized carbons (Fsp3) is 0.824. The molecule has 1 saturated heterocycles. The van der Waals surface area contributed by atoms with Crippen LogP contribution in [0.1, 0.15) is 55.6 Å². The van der Waals surface area contributed by atoms with Crippen molar-refractivity contribution in [3.63, 3.8) is 0 Å². The quantitative estimate of drug-likeness (QED) is 0.797. The second kappa shape index (κ2) is 8.86. The minimum absolute atomic E-state index is 0.870. The summed E-state index contributed by atoms with van der Waals surface area (Å²) in [7, 11) is 0. The van der Waals surface area contributed by atoms with Crippen LogP contribution in [0, 0.1) is 5.92 Å². The Bertz CT molecular complexity index is 416. The summed E-state index contributed by atoms with van der Waals surface area (Å²) in [6.45, 7) is 12.5. The molecule has 120 valence electrons. The molecule has 1 N–H and O–H groups in total. The number of thiazole rings is 1. The zero-order chi connectivity index (χ0) is 15.1. The van der Waals surface area contributed by atoms with Gasteiger partial charge < -0.3 is 10.2 Å². The first-order valence-electron chi connectivity index (χ1n) is 8.63. The molecule has 0 radical (unpaired) electrons. The van der Waals surface area contributed by atoms with Crippen LogP contribution in [0.25, 0.3) is 0 Å². The third-order valence-corrected chi connectivity index (χ3v) is 5.39. The summed E-state index contributed by atoms with van der Waals surface area (Å²) >= 11 is 1.93. The molecule has 1 aromatic heterocycles. The van der Waals surface area contributed by atoms with Crippen LogP contribution < -0.4 is 5.32 Å². The molecule has 21 heavy (non-hydrogen) atoms. The Morgan fingerprint density at radius 1 is 1.33 bits per heavy atom. The van der Waals surface area contributed by atoms with Gasteiger partial charge in [-0.3, -0.25) is 0 Å². The zero-order valence-corrected chi connectivity index (χ0v) is 14.8. The molecule has 0 saturated carbocycles. The van der Waals surface area contributed by atoms with Gasteiger partial charge in [-0.1, -0.05) is 27.2 Å². The SMILES string of the molecule is CCCc1nc(CCN2CCCC(C)C2)sc1CNCC. The van der Waals surface area contributed by atoms with Crippen molar-refractivity contribution in [1.29, 1.82) is 0 Å². The summed E-state index contributed by atoms with van der Waals surface area (Å²) in [6.07, 6.45) is 6.21. The first-order valence-corrected chi connectivity index (χ1v) is 9.45. The van der Waals surface area contributed by atoms with Gasteiger partial charge in [0.05, 0.1) is 10.7 Å². The molecule has 0 aromatic carbocycles. The Morgan fingerprint density at radius 2 is 2.19 bits per heavy atom. The van der Waals surface area contributed by atoms with Crippen LogP contribution in [0.3, 0.4) is 0 Å². The van der Waals surface area contributed by atoms with Gasteiger partial charge in [-0.15, -0.1) is 11.3 Å². The van der Waals surface area contributed by atoms with Gasteiger partial charge in [0.1, 0.15) is 0 Å². The molecule has 3 nitrogen and oxygen atoms in total. The summed E-state index contributed by atoms with van der Waals surface area (Å²) < 4.78 is 0. The van der Waals surface area contributed by atoms with Gasteiger partial charge in [0, 0.05) is 30.9 Å². The van der Waals surface area contributed by atoms with E-state index in [2.05, 4.69) is 31.0 Å². The normalized spacial score (nSPS) is 20.0. The monoisotopic (exact) mass is 309 g/mol. The third-order valence-electron chi connectivity index (χ3n) is 4.23. The van der Waals surface area contributed by atoms with Gasteiger partial charge in [-0.2, -0.15) is 0 Å². The number of likely N-dealkylation sites (tertiary alicyclic amines) is 1. The van der Waals surface area contributed by atoms with Gasteiger partial charge in [-0.05, 0) is 38.3 Å². The van der Waals surface area contributed by atoms with Crippen molar-refractivity contribution in [2.24, 2.45) is 5.92 Å². The summed E-state index contributed by atoms with van der Waals surface area (Å²) in [5.74, 6) is 0.870. The molecular weight excluding hydrogens is 278 g/mol. The van der Waals surface area contributed by atoms with E-state index in [1.165, 1.54) is 54.5 Å². The fourth-order valence-electron chi connectivity index (χ4n) is 3.10. The van der Waals surface area contributed by atoms with E-state index in [0.29, 0.717) is 0 Å². The first kappa shape index (κ1) is 16.9. The highest BCUT2D eigenvalue weighted by molar-refractivity contribution is 7.11. The molecule has 2 heterocycles. The van der Waals surface area contributed by atoms with Crippen LogP contribution in [-0.2, 0) is 19.4 Å². The van der Waals surface area contributed by atoms with E-state index in [1.807, 2.05) is 11.3 Å². The number of aromatic nitrogens is 1. The van der Waals surface area contributed by atoms with Crippen molar-refractivity contribution < 1.29 is 0 Å². The molecule has 0 bridgehead atoms. The Kier molecular flexibility index (Phi) is 7.14. The second-order valence-corrected chi connectivity index (χ2v) is 7.47. The topological polar surface area (TPSA) is 28.2 Å². The minimum atomic E-state index is 0.870. The number of rotatable bonds is 8. The second-order valence-electron chi connectivity index (χ2n) is 6.31. The predicted octanol–water partition coefficient (Wildman–Crippen LogP) is 3.48. The van der Waals surface area contributed by atoms with E-state index in [-0.39, 0.29) is 0 Å². The summed E-state index contributed by atoms with van der Waals surface area (Å²) in [5.41, 5.74) is 1.34. The standard InChI is InChI=1S/C17H31N3S/c1-4-7-15-16(12-18-5-2)21-17(19-15)9-11-20-10-6-8-14(3)13-20/h14,18H,4-13H2,1-3H3. The van der Waals surface area contributed by atoms with Crippen LogP contribution in [0.15, 0.2) is 0 Å². The van der Waals surface area contributed by atoms with Crippen LogP contribution in [0.4, 0.5) is 0 Å². The summed E-state index contributed by atoms with van der Waals surface area (Å²) in [5, 5.41) is 4.79. The van der Waals surface area contributed by atoms with Crippen molar-refractivity contribution in [3.8, 4) is 0 Å². The predicted molar refractivity (Wildman–Crippen MR) is 92.0 cm³/mol. The molecule has 0 aliphatic carbocycles. The van der Waals surface area contributed by atoms with Crippen molar-refractivity contribution in [2.75, 3.05) is 26.2 Å². The number of nitrogens with zero attached hydrogens (tertiary/aromatic N) is 2. The average Bonchev–Trinajstić information content (AvgIpc) is 2.86. The Balaban J connectivity index is 1.89. The van der Waals surface area contributed by atoms with Gasteiger partial charge >= 0.3 is 0 Å². The fourth-order valence-corrected chi connectivity index (χ4v) is 4.17. The number of hydrogen-bond acceptors (Lipinski definition) is 4. The number of nitrogens with one attached hydrogen (secondary N) is 1. The van der Waals surface area contributed by atoms with E-state index in [9.17, 15) is 0 Å². The summed E-state index contributed by atoms with van der Waals surface area (Å²) in [4.78, 5) is 8.99. The average molecular weight is 310 g/mol. The van der Waals surface area contributed by atoms with Crippen LogP contribution in [0.5, 0.6) is 0 Å². The lowest BCUT2D eigenvalue weighted by atomic mass is 10.0. The van der Waals surface area contributed by atoms with Gasteiger partial charge in [-0.25, -0.2) is 4.98 Å². The molecule has 1 unspecified atom stereocenters. The lowest BCUT2D eigenvalue weighted by Gasteiger charge is -2.30. The maximum absolute atomic E-state index is 4.91. The molecule has 1 fully saturated rings. The molecule has 4 heteroatoms. The van der Waals surface area contributed by atoms with E-state index >= 15 is 0 Å². The van der Waals surface area contributed by atoms with Crippen molar-refractivity contribution in [3.05, 3.63) is 15.6 Å². The Morgan fingerprint density at radius 3 is 2.90 bits per heavy atom. The molecule has 1 atom stereocenters. The number of hydrogen-bond donors (Lipinski definition) is 1. The third kappa shape index (κ3) is 5.35. The molecule has 0 amide bonds. The van der Waals surface area contributed by atoms with E-state index in [1.54, 1.807) is 0 Å². The van der Waals surface area contributed by atoms with Crippen molar-refractivity contribution in [1.82, 2.24) is 15.2 Å².